The zero-order valence-corrected chi connectivity index (χ0v) is 18.4. The van der Waals surface area contributed by atoms with E-state index in [1.54, 1.807) is 23.9 Å². The Labute approximate surface area is 190 Å². The van der Waals surface area contributed by atoms with E-state index in [0.717, 1.165) is 31.7 Å². The molecule has 6 nitrogen and oxygen atoms in total. The van der Waals surface area contributed by atoms with Crippen molar-refractivity contribution in [3.63, 3.8) is 0 Å². The minimum atomic E-state index is -0.198. The summed E-state index contributed by atoms with van der Waals surface area (Å²) >= 11 is 4.34. The van der Waals surface area contributed by atoms with Crippen molar-refractivity contribution < 1.29 is 9.53 Å². The lowest BCUT2D eigenvalue weighted by Gasteiger charge is -2.16. The highest BCUT2D eigenvalue weighted by Gasteiger charge is 2.23. The zero-order chi connectivity index (χ0) is 21.2. The number of nitriles is 1. The number of hydrogen-bond donors (Lipinski definition) is 1. The first kappa shape index (κ1) is 19.8. The third-order valence-electron chi connectivity index (χ3n) is 4.62. The first-order chi connectivity index (χ1) is 15.2. The van der Waals surface area contributed by atoms with Crippen LogP contribution in [0.2, 0.25) is 0 Å². The molecule has 2 aromatic heterocycles. The molecule has 0 aliphatic carbocycles. The topological polar surface area (TPSA) is 87.9 Å². The molecule has 0 atom stereocenters. The van der Waals surface area contributed by atoms with Crippen LogP contribution in [0.5, 0.6) is 5.75 Å². The lowest BCUT2D eigenvalue weighted by Crippen LogP contribution is -2.09. The summed E-state index contributed by atoms with van der Waals surface area (Å²) in [5.74, 6) is 1.36. The molecule has 5 rings (SSSR count). The minimum absolute atomic E-state index is 0.198. The third-order valence-corrected chi connectivity index (χ3v) is 7.87. The highest BCUT2D eigenvalue weighted by atomic mass is 32.2. The van der Waals surface area contributed by atoms with Gasteiger partial charge in [-0.1, -0.05) is 47.4 Å². The van der Waals surface area contributed by atoms with Crippen LogP contribution < -0.4 is 10.1 Å². The number of aromatic nitrogens is 2. The van der Waals surface area contributed by atoms with E-state index >= 15 is 0 Å². The number of fused-ring (bicyclic) bond motifs is 3. The number of para-hydroxylation sites is 1. The number of nitrogens with zero attached hydrogens (tertiary/aromatic N) is 3. The molecule has 0 saturated heterocycles. The molecule has 1 aliphatic heterocycles. The molecule has 1 N–H and O–H groups in total. The van der Waals surface area contributed by atoms with Gasteiger partial charge in [0.05, 0.1) is 16.5 Å². The number of nitrogens with one attached hydrogen (secondary N) is 1. The molecule has 1 amide bonds. The molecular formula is C22H14N4O2S3. The number of carbonyl (C=O) groups is 1. The Morgan fingerprint density at radius 2 is 2.00 bits per heavy atom. The van der Waals surface area contributed by atoms with E-state index in [1.807, 2.05) is 42.5 Å². The van der Waals surface area contributed by atoms with Crippen LogP contribution in [0.3, 0.4) is 0 Å². The second-order valence-electron chi connectivity index (χ2n) is 6.67. The number of rotatable bonds is 5. The summed E-state index contributed by atoms with van der Waals surface area (Å²) in [5.41, 5.74) is 3.77. The summed E-state index contributed by atoms with van der Waals surface area (Å²) in [6.07, 6.45) is 0. The van der Waals surface area contributed by atoms with Crippen molar-refractivity contribution in [1.82, 2.24) is 10.2 Å². The average Bonchev–Trinajstić information content (AvgIpc) is 3.45. The van der Waals surface area contributed by atoms with Crippen LogP contribution in [0.1, 0.15) is 26.4 Å². The maximum atomic E-state index is 12.8. The van der Waals surface area contributed by atoms with Crippen LogP contribution in [0.4, 0.5) is 5.13 Å². The van der Waals surface area contributed by atoms with Crippen LogP contribution in [0, 0.1) is 11.3 Å². The fourth-order valence-electron chi connectivity index (χ4n) is 3.11. The summed E-state index contributed by atoms with van der Waals surface area (Å²) < 4.78 is 6.55. The standard InChI is InChI=1S/C22H14N4O2S3/c23-10-13-5-7-14(8-6-13)12-29-22-26-25-21(31-22)24-20(27)18-9-15-11-28-17-4-2-1-3-16(17)19(15)30-18/h1-9H,11-12H2,(H,24,25,27). The Bertz CT molecular complexity index is 1310. The molecular weight excluding hydrogens is 448 g/mol. The Balaban J connectivity index is 1.24. The van der Waals surface area contributed by atoms with Gasteiger partial charge in [-0.3, -0.25) is 10.1 Å². The number of ether oxygens (including phenoxy) is 1. The van der Waals surface area contributed by atoms with Crippen molar-refractivity contribution in [3.8, 4) is 22.3 Å². The number of thiophene rings is 1. The average molecular weight is 463 g/mol. The number of amides is 1. The maximum Gasteiger partial charge on any atom is 0.267 e. The number of hydrogen-bond acceptors (Lipinski definition) is 8. The largest absolute Gasteiger partial charge is 0.488 e. The highest BCUT2D eigenvalue weighted by molar-refractivity contribution is 8.00. The molecule has 0 fully saturated rings. The minimum Gasteiger partial charge on any atom is -0.488 e. The SMILES string of the molecule is N#Cc1ccc(CSc2nnc(NC(=O)c3cc4c(s3)-c3ccccc3OC4)s2)cc1. The molecule has 152 valence electrons. The molecule has 1 aliphatic rings. The van der Waals surface area contributed by atoms with Crippen molar-refractivity contribution in [2.24, 2.45) is 0 Å². The first-order valence-corrected chi connectivity index (χ1v) is 11.9. The Morgan fingerprint density at radius 3 is 2.84 bits per heavy atom. The van der Waals surface area contributed by atoms with Gasteiger partial charge in [-0.05, 0) is 35.9 Å². The number of benzene rings is 2. The molecule has 9 heteroatoms. The summed E-state index contributed by atoms with van der Waals surface area (Å²) in [6, 6.07) is 19.3. The van der Waals surface area contributed by atoms with E-state index in [2.05, 4.69) is 21.6 Å². The van der Waals surface area contributed by atoms with Gasteiger partial charge in [-0.25, -0.2) is 0 Å². The highest BCUT2D eigenvalue weighted by Crippen LogP contribution is 2.42. The quantitative estimate of drug-likeness (QED) is 0.308. The van der Waals surface area contributed by atoms with Gasteiger partial charge in [0.2, 0.25) is 5.13 Å². The molecule has 31 heavy (non-hydrogen) atoms. The van der Waals surface area contributed by atoms with Crippen molar-refractivity contribution in [2.75, 3.05) is 5.32 Å². The lowest BCUT2D eigenvalue weighted by atomic mass is 10.1. The van der Waals surface area contributed by atoms with Crippen LogP contribution >= 0.6 is 34.4 Å². The molecule has 0 saturated carbocycles. The Kier molecular flexibility index (Phi) is 5.42. The summed E-state index contributed by atoms with van der Waals surface area (Å²) in [7, 11) is 0. The van der Waals surface area contributed by atoms with Crippen LogP contribution in [0.25, 0.3) is 10.4 Å². The van der Waals surface area contributed by atoms with Gasteiger partial charge < -0.3 is 4.74 Å². The molecule has 0 spiro atoms. The second-order valence-corrected chi connectivity index (χ2v) is 9.93. The normalized spacial score (nSPS) is 11.7. The fraction of sp³-hybridized carbons (Fsp3) is 0.0909. The maximum absolute atomic E-state index is 12.8. The number of carbonyl (C=O) groups excluding carboxylic acids is 1. The zero-order valence-electron chi connectivity index (χ0n) is 16.0. The van der Waals surface area contributed by atoms with Gasteiger partial charge in [-0.15, -0.1) is 21.5 Å². The smallest absolute Gasteiger partial charge is 0.267 e. The van der Waals surface area contributed by atoms with Gasteiger partial charge in [0.25, 0.3) is 5.91 Å². The molecule has 0 bridgehead atoms. The lowest BCUT2D eigenvalue weighted by molar-refractivity contribution is 0.103. The van der Waals surface area contributed by atoms with E-state index in [9.17, 15) is 4.79 Å². The van der Waals surface area contributed by atoms with Crippen molar-refractivity contribution in [3.05, 3.63) is 76.2 Å². The Hall–Kier alpha value is -3.19. The van der Waals surface area contributed by atoms with Gasteiger partial charge in [0.1, 0.15) is 12.4 Å². The molecule has 2 aromatic carbocycles. The van der Waals surface area contributed by atoms with Gasteiger partial charge in [0, 0.05) is 21.8 Å². The van der Waals surface area contributed by atoms with Crippen molar-refractivity contribution >= 4 is 45.5 Å². The predicted octanol–water partition coefficient (Wildman–Crippen LogP) is 5.58. The third kappa shape index (κ3) is 4.18. The predicted molar refractivity (Wildman–Crippen MR) is 123 cm³/mol. The van der Waals surface area contributed by atoms with Gasteiger partial charge in [0.15, 0.2) is 4.34 Å². The molecule has 3 heterocycles. The fourth-order valence-corrected chi connectivity index (χ4v) is 5.90. The molecule has 0 unspecified atom stereocenters. The molecule has 0 radical (unpaired) electrons. The van der Waals surface area contributed by atoms with Crippen molar-refractivity contribution in [1.29, 1.82) is 5.26 Å². The summed E-state index contributed by atoms with van der Waals surface area (Å²) in [4.78, 5) is 14.4. The van der Waals surface area contributed by atoms with Gasteiger partial charge >= 0.3 is 0 Å². The number of anilines is 1. The van der Waals surface area contributed by atoms with E-state index < -0.39 is 0 Å². The van der Waals surface area contributed by atoms with Gasteiger partial charge in [-0.2, -0.15) is 5.26 Å². The van der Waals surface area contributed by atoms with Crippen molar-refractivity contribution in [2.45, 2.75) is 16.7 Å². The summed E-state index contributed by atoms with van der Waals surface area (Å²) in [6.45, 7) is 0.463. The second kappa shape index (κ2) is 8.51. The summed E-state index contributed by atoms with van der Waals surface area (Å²) in [5, 5.41) is 20.4. The Morgan fingerprint density at radius 1 is 1.16 bits per heavy atom. The van der Waals surface area contributed by atoms with Crippen LogP contribution in [0.15, 0.2) is 58.9 Å². The van der Waals surface area contributed by atoms with Crippen LogP contribution in [-0.2, 0) is 12.4 Å². The van der Waals surface area contributed by atoms with E-state index in [0.29, 0.717) is 27.9 Å². The van der Waals surface area contributed by atoms with E-state index in [-0.39, 0.29) is 5.91 Å². The van der Waals surface area contributed by atoms with E-state index in [1.165, 1.54) is 22.7 Å². The molecule has 4 aromatic rings. The first-order valence-electron chi connectivity index (χ1n) is 9.31. The monoisotopic (exact) mass is 462 g/mol. The van der Waals surface area contributed by atoms with E-state index in [4.69, 9.17) is 10.00 Å². The number of thioether (sulfide) groups is 1. The van der Waals surface area contributed by atoms with Crippen LogP contribution in [-0.4, -0.2) is 16.1 Å².